The lowest BCUT2D eigenvalue weighted by Crippen LogP contribution is -2.49. The molecular formula is C17H18N4O4S. The number of carbonyl (C=O) groups is 2. The van der Waals surface area contributed by atoms with E-state index in [2.05, 4.69) is 15.6 Å². The first kappa shape index (κ1) is 18.0. The third kappa shape index (κ3) is 4.06. The van der Waals surface area contributed by atoms with E-state index in [1.807, 2.05) is 12.1 Å². The standard InChI is InChI=1S/C17H18N4O4S/c22-10-13(16(25)20-17-18-5-8-26-17)19-15(24)12-9-11(3-4-14(12)23)21-6-1-2-7-21/h1-4,6-7,9,13,22-23H,5,8,10H2,(H,19,24)(H,18,20,25). The molecule has 0 spiro atoms. The number of aromatic hydroxyl groups is 1. The van der Waals surface area contributed by atoms with Crippen molar-refractivity contribution in [1.29, 1.82) is 0 Å². The van der Waals surface area contributed by atoms with E-state index in [0.29, 0.717) is 17.4 Å². The number of amides is 2. The monoisotopic (exact) mass is 374 g/mol. The predicted molar refractivity (Wildman–Crippen MR) is 98.7 cm³/mol. The number of phenols is 1. The molecule has 4 N–H and O–H groups in total. The van der Waals surface area contributed by atoms with E-state index in [9.17, 15) is 19.8 Å². The number of aliphatic hydroxyl groups excluding tert-OH is 1. The van der Waals surface area contributed by atoms with Crippen LogP contribution in [0, 0.1) is 0 Å². The van der Waals surface area contributed by atoms with Gasteiger partial charge < -0.3 is 25.4 Å². The molecule has 0 saturated heterocycles. The van der Waals surface area contributed by atoms with Crippen LogP contribution in [0.25, 0.3) is 5.69 Å². The number of hydrogen-bond donors (Lipinski definition) is 4. The first-order valence-electron chi connectivity index (χ1n) is 7.94. The van der Waals surface area contributed by atoms with Crippen LogP contribution in [0.15, 0.2) is 47.7 Å². The smallest absolute Gasteiger partial charge is 0.255 e. The van der Waals surface area contributed by atoms with E-state index in [4.69, 9.17) is 0 Å². The van der Waals surface area contributed by atoms with Gasteiger partial charge in [0.25, 0.3) is 11.8 Å². The zero-order valence-electron chi connectivity index (χ0n) is 13.8. The lowest BCUT2D eigenvalue weighted by molar-refractivity contribution is -0.122. The Kier molecular flexibility index (Phi) is 5.59. The van der Waals surface area contributed by atoms with Gasteiger partial charge in [-0.3, -0.25) is 14.6 Å². The number of aliphatic imine (C=N–C) groups is 1. The minimum atomic E-state index is -1.15. The summed E-state index contributed by atoms with van der Waals surface area (Å²) in [5, 5.41) is 24.9. The number of hydrogen-bond acceptors (Lipinski definition) is 6. The molecule has 1 aliphatic heterocycles. The van der Waals surface area contributed by atoms with E-state index in [1.54, 1.807) is 23.0 Å². The van der Waals surface area contributed by atoms with Crippen molar-refractivity contribution >= 4 is 28.7 Å². The van der Waals surface area contributed by atoms with Gasteiger partial charge in [-0.15, -0.1) is 0 Å². The number of amidine groups is 1. The molecule has 1 aromatic heterocycles. The third-order valence-electron chi connectivity index (χ3n) is 3.75. The fraction of sp³-hybridized carbons (Fsp3) is 0.235. The van der Waals surface area contributed by atoms with Crippen molar-refractivity contribution in [2.45, 2.75) is 6.04 Å². The van der Waals surface area contributed by atoms with Gasteiger partial charge in [0.05, 0.1) is 18.7 Å². The number of nitrogens with one attached hydrogen (secondary N) is 2. The van der Waals surface area contributed by atoms with Crippen LogP contribution in [0.4, 0.5) is 0 Å². The summed E-state index contributed by atoms with van der Waals surface area (Å²) in [7, 11) is 0. The first-order valence-corrected chi connectivity index (χ1v) is 8.93. The molecule has 0 aliphatic carbocycles. The number of thioether (sulfide) groups is 1. The molecule has 2 heterocycles. The summed E-state index contributed by atoms with van der Waals surface area (Å²) >= 11 is 1.40. The molecule has 2 aromatic rings. The molecule has 8 nitrogen and oxygen atoms in total. The van der Waals surface area contributed by atoms with E-state index in [0.717, 1.165) is 5.75 Å². The molecule has 1 aliphatic rings. The van der Waals surface area contributed by atoms with Crippen LogP contribution in [-0.2, 0) is 4.79 Å². The summed E-state index contributed by atoms with van der Waals surface area (Å²) < 4.78 is 1.78. The van der Waals surface area contributed by atoms with Crippen LogP contribution in [0.2, 0.25) is 0 Å². The Hall–Kier alpha value is -2.78. The van der Waals surface area contributed by atoms with Gasteiger partial charge >= 0.3 is 0 Å². The Morgan fingerprint density at radius 1 is 1.31 bits per heavy atom. The van der Waals surface area contributed by atoms with E-state index in [1.165, 1.54) is 23.9 Å². The number of aliphatic hydroxyl groups is 1. The van der Waals surface area contributed by atoms with Crippen molar-refractivity contribution in [1.82, 2.24) is 15.2 Å². The maximum absolute atomic E-state index is 12.5. The molecule has 0 radical (unpaired) electrons. The van der Waals surface area contributed by atoms with Gasteiger partial charge in [0, 0.05) is 23.8 Å². The van der Waals surface area contributed by atoms with Crippen LogP contribution in [0.5, 0.6) is 5.75 Å². The molecule has 1 unspecified atom stereocenters. The molecule has 1 atom stereocenters. The summed E-state index contributed by atoms with van der Waals surface area (Å²) in [6.07, 6.45) is 3.61. The van der Waals surface area contributed by atoms with E-state index < -0.39 is 24.5 Å². The molecule has 26 heavy (non-hydrogen) atoms. The Morgan fingerprint density at radius 3 is 2.73 bits per heavy atom. The third-order valence-corrected chi connectivity index (χ3v) is 4.64. The lowest BCUT2D eigenvalue weighted by atomic mass is 10.1. The highest BCUT2D eigenvalue weighted by Crippen LogP contribution is 2.21. The van der Waals surface area contributed by atoms with Gasteiger partial charge in [0.15, 0.2) is 5.17 Å². The second kappa shape index (κ2) is 8.07. The lowest BCUT2D eigenvalue weighted by Gasteiger charge is -2.17. The molecule has 9 heteroatoms. The van der Waals surface area contributed by atoms with E-state index >= 15 is 0 Å². The number of nitrogens with zero attached hydrogens (tertiary/aromatic N) is 2. The second-order valence-corrected chi connectivity index (χ2v) is 6.61. The Bertz CT molecular complexity index is 835. The quantitative estimate of drug-likeness (QED) is 0.608. The number of rotatable bonds is 5. The van der Waals surface area contributed by atoms with Crippen molar-refractivity contribution in [3.8, 4) is 11.4 Å². The Balaban J connectivity index is 1.73. The minimum absolute atomic E-state index is 0.00929. The van der Waals surface area contributed by atoms with Crippen molar-refractivity contribution < 1.29 is 19.8 Å². The molecule has 3 rings (SSSR count). The van der Waals surface area contributed by atoms with Gasteiger partial charge in [0.2, 0.25) is 0 Å². The molecule has 0 bridgehead atoms. The fourth-order valence-electron chi connectivity index (χ4n) is 2.41. The summed E-state index contributed by atoms with van der Waals surface area (Å²) in [5.74, 6) is -0.653. The molecule has 136 valence electrons. The van der Waals surface area contributed by atoms with Crippen LogP contribution in [0.3, 0.4) is 0 Å². The Morgan fingerprint density at radius 2 is 2.08 bits per heavy atom. The SMILES string of the molecule is O=C(NC(CO)C(=O)NC1=NCCS1)c1cc(-n2cccc2)ccc1O. The number of benzene rings is 1. The molecule has 0 saturated carbocycles. The highest BCUT2D eigenvalue weighted by Gasteiger charge is 2.24. The summed E-state index contributed by atoms with van der Waals surface area (Å²) in [6.45, 7) is 0.0457. The average molecular weight is 374 g/mol. The largest absolute Gasteiger partial charge is 0.507 e. The van der Waals surface area contributed by atoms with Crippen molar-refractivity contribution in [2.75, 3.05) is 18.9 Å². The predicted octanol–water partition coefficient (Wildman–Crippen LogP) is 0.493. The molecular weight excluding hydrogens is 356 g/mol. The van der Waals surface area contributed by atoms with Gasteiger partial charge in [-0.05, 0) is 30.3 Å². The van der Waals surface area contributed by atoms with Crippen LogP contribution in [0.1, 0.15) is 10.4 Å². The highest BCUT2D eigenvalue weighted by molar-refractivity contribution is 8.14. The molecule has 1 aromatic carbocycles. The topological polar surface area (TPSA) is 116 Å². The number of aromatic nitrogens is 1. The summed E-state index contributed by atoms with van der Waals surface area (Å²) in [6, 6.07) is 7.10. The summed E-state index contributed by atoms with van der Waals surface area (Å²) in [5.41, 5.74) is 0.690. The summed E-state index contributed by atoms with van der Waals surface area (Å²) in [4.78, 5) is 28.8. The fourth-order valence-corrected chi connectivity index (χ4v) is 3.14. The highest BCUT2D eigenvalue weighted by atomic mass is 32.2. The minimum Gasteiger partial charge on any atom is -0.507 e. The van der Waals surface area contributed by atoms with Crippen molar-refractivity contribution in [3.05, 3.63) is 48.3 Å². The maximum atomic E-state index is 12.5. The molecule has 2 amide bonds. The van der Waals surface area contributed by atoms with Gasteiger partial charge in [-0.25, -0.2) is 0 Å². The van der Waals surface area contributed by atoms with Gasteiger partial charge in [-0.2, -0.15) is 0 Å². The zero-order chi connectivity index (χ0) is 18.5. The zero-order valence-corrected chi connectivity index (χ0v) is 14.6. The Labute approximate surface area is 153 Å². The van der Waals surface area contributed by atoms with E-state index in [-0.39, 0.29) is 11.3 Å². The molecule has 0 fully saturated rings. The van der Waals surface area contributed by atoms with Gasteiger partial charge in [0.1, 0.15) is 11.8 Å². The van der Waals surface area contributed by atoms with Crippen LogP contribution < -0.4 is 10.6 Å². The average Bonchev–Trinajstić information content (AvgIpc) is 3.33. The number of phenolic OH excluding ortho intramolecular Hbond substituents is 1. The van der Waals surface area contributed by atoms with Crippen molar-refractivity contribution in [3.63, 3.8) is 0 Å². The number of carbonyl (C=O) groups excluding carboxylic acids is 2. The van der Waals surface area contributed by atoms with Crippen LogP contribution in [-0.4, -0.2) is 56.7 Å². The maximum Gasteiger partial charge on any atom is 0.255 e. The van der Waals surface area contributed by atoms with Crippen molar-refractivity contribution in [2.24, 2.45) is 4.99 Å². The second-order valence-electron chi connectivity index (χ2n) is 5.52. The normalized spacial score (nSPS) is 14.6. The van der Waals surface area contributed by atoms with Crippen LogP contribution >= 0.6 is 11.8 Å². The first-order chi connectivity index (χ1) is 12.6. The van der Waals surface area contributed by atoms with Gasteiger partial charge in [-0.1, -0.05) is 11.8 Å².